The summed E-state index contributed by atoms with van der Waals surface area (Å²) in [6, 6.07) is 15.0. The van der Waals surface area contributed by atoms with Gasteiger partial charge in [-0.15, -0.1) is 0 Å². The predicted molar refractivity (Wildman–Crippen MR) is 96.9 cm³/mol. The van der Waals surface area contributed by atoms with E-state index in [9.17, 15) is 9.59 Å². The van der Waals surface area contributed by atoms with E-state index < -0.39 is 18.5 Å². The largest absolute Gasteiger partial charge is 0.494 e. The molecule has 6 heteroatoms. The molecule has 2 aromatic carbocycles. The van der Waals surface area contributed by atoms with Crippen molar-refractivity contribution in [1.29, 1.82) is 5.26 Å². The number of carbonyl (C=O) groups excluding carboxylic acids is 2. The molecule has 1 N–H and O–H groups in total. The predicted octanol–water partition coefficient (Wildman–Crippen LogP) is 3.53. The van der Waals surface area contributed by atoms with E-state index in [1.54, 1.807) is 48.5 Å². The summed E-state index contributed by atoms with van der Waals surface area (Å²) >= 11 is 0. The quantitative estimate of drug-likeness (QED) is 0.580. The van der Waals surface area contributed by atoms with Crippen LogP contribution in [0.3, 0.4) is 0 Å². The highest BCUT2D eigenvalue weighted by Gasteiger charge is 2.10. The van der Waals surface area contributed by atoms with Crippen LogP contribution in [0.4, 0.5) is 5.69 Å². The number of unbranched alkanes of at least 4 members (excludes halogenated alkanes) is 1. The Kier molecular flexibility index (Phi) is 7.19. The maximum absolute atomic E-state index is 12.0. The number of esters is 1. The molecule has 134 valence electrons. The molecule has 0 heterocycles. The van der Waals surface area contributed by atoms with Crippen LogP contribution in [-0.2, 0) is 9.53 Å². The van der Waals surface area contributed by atoms with Crippen LogP contribution in [0.1, 0.15) is 35.7 Å². The number of nitriles is 1. The topological polar surface area (TPSA) is 88.4 Å². The summed E-state index contributed by atoms with van der Waals surface area (Å²) in [7, 11) is 0. The van der Waals surface area contributed by atoms with Crippen LogP contribution in [0, 0.1) is 11.3 Å². The molecule has 0 aliphatic carbocycles. The lowest BCUT2D eigenvalue weighted by Gasteiger charge is -2.08. The molecule has 2 aromatic rings. The van der Waals surface area contributed by atoms with E-state index in [0.717, 1.165) is 12.8 Å². The zero-order valence-corrected chi connectivity index (χ0v) is 14.5. The monoisotopic (exact) mass is 352 g/mol. The van der Waals surface area contributed by atoms with Gasteiger partial charge in [-0.1, -0.05) is 13.3 Å². The third-order valence-electron chi connectivity index (χ3n) is 3.49. The Labute approximate surface area is 152 Å². The smallest absolute Gasteiger partial charge is 0.338 e. The second kappa shape index (κ2) is 9.84. The van der Waals surface area contributed by atoms with Gasteiger partial charge in [0.05, 0.1) is 23.8 Å². The molecule has 0 radical (unpaired) electrons. The molecular formula is C20H20N2O4. The normalized spacial score (nSPS) is 9.85. The van der Waals surface area contributed by atoms with E-state index in [2.05, 4.69) is 12.2 Å². The van der Waals surface area contributed by atoms with Gasteiger partial charge in [0.2, 0.25) is 0 Å². The maximum Gasteiger partial charge on any atom is 0.338 e. The highest BCUT2D eigenvalue weighted by Crippen LogP contribution is 2.14. The number of nitrogens with zero attached hydrogens (tertiary/aromatic N) is 1. The number of benzene rings is 2. The van der Waals surface area contributed by atoms with Crippen molar-refractivity contribution in [2.24, 2.45) is 0 Å². The van der Waals surface area contributed by atoms with Crippen molar-refractivity contribution in [2.45, 2.75) is 19.8 Å². The second-order valence-corrected chi connectivity index (χ2v) is 5.54. The van der Waals surface area contributed by atoms with Gasteiger partial charge < -0.3 is 14.8 Å². The van der Waals surface area contributed by atoms with E-state index in [0.29, 0.717) is 29.2 Å². The number of ether oxygens (including phenoxy) is 2. The number of carbonyl (C=O) groups is 2. The fourth-order valence-corrected chi connectivity index (χ4v) is 2.06. The average Bonchev–Trinajstić information content (AvgIpc) is 2.67. The molecule has 0 aromatic heterocycles. The van der Waals surface area contributed by atoms with Crippen molar-refractivity contribution >= 4 is 17.6 Å². The first-order chi connectivity index (χ1) is 12.6. The number of rotatable bonds is 8. The van der Waals surface area contributed by atoms with Gasteiger partial charge >= 0.3 is 5.97 Å². The molecule has 26 heavy (non-hydrogen) atoms. The molecule has 0 saturated carbocycles. The van der Waals surface area contributed by atoms with E-state index in [4.69, 9.17) is 14.7 Å². The zero-order valence-electron chi connectivity index (χ0n) is 14.5. The fourth-order valence-electron chi connectivity index (χ4n) is 2.06. The van der Waals surface area contributed by atoms with Gasteiger partial charge in [-0.3, -0.25) is 4.79 Å². The second-order valence-electron chi connectivity index (χ2n) is 5.54. The van der Waals surface area contributed by atoms with Gasteiger partial charge in [-0.05, 0) is 55.0 Å². The summed E-state index contributed by atoms with van der Waals surface area (Å²) in [6.07, 6.45) is 2.02. The molecule has 0 unspecified atom stereocenters. The van der Waals surface area contributed by atoms with Crippen LogP contribution in [0.2, 0.25) is 0 Å². The summed E-state index contributed by atoms with van der Waals surface area (Å²) in [5, 5.41) is 11.3. The Morgan fingerprint density at radius 2 is 1.77 bits per heavy atom. The van der Waals surface area contributed by atoms with Gasteiger partial charge in [0, 0.05) is 5.69 Å². The number of hydrogen-bond acceptors (Lipinski definition) is 5. The van der Waals surface area contributed by atoms with Gasteiger partial charge in [-0.25, -0.2) is 4.79 Å². The van der Waals surface area contributed by atoms with Crippen LogP contribution in [0.15, 0.2) is 48.5 Å². The molecule has 0 atom stereocenters. The summed E-state index contributed by atoms with van der Waals surface area (Å²) < 4.78 is 10.5. The first-order valence-electron chi connectivity index (χ1n) is 8.32. The van der Waals surface area contributed by atoms with Gasteiger partial charge in [0.25, 0.3) is 5.91 Å². The third kappa shape index (κ3) is 5.95. The van der Waals surface area contributed by atoms with E-state index in [1.165, 1.54) is 0 Å². The van der Waals surface area contributed by atoms with Crippen molar-refractivity contribution in [3.05, 3.63) is 59.7 Å². The third-order valence-corrected chi connectivity index (χ3v) is 3.49. The minimum absolute atomic E-state index is 0.346. The molecule has 2 rings (SSSR count). The van der Waals surface area contributed by atoms with Crippen LogP contribution in [0.5, 0.6) is 5.75 Å². The molecular weight excluding hydrogens is 332 g/mol. The van der Waals surface area contributed by atoms with Gasteiger partial charge in [0.15, 0.2) is 6.61 Å². The Morgan fingerprint density at radius 1 is 1.08 bits per heavy atom. The molecule has 0 bridgehead atoms. The molecule has 0 fully saturated rings. The number of hydrogen-bond donors (Lipinski definition) is 1. The fraction of sp³-hybridized carbons (Fsp3) is 0.250. The van der Waals surface area contributed by atoms with Crippen LogP contribution in [-0.4, -0.2) is 25.1 Å². The Balaban J connectivity index is 1.79. The first-order valence-corrected chi connectivity index (χ1v) is 8.32. The SMILES string of the molecule is CCCCOc1ccc(C(=O)OCC(=O)Nc2ccc(C#N)cc2)cc1. The average molecular weight is 352 g/mol. The number of nitrogens with one attached hydrogen (secondary N) is 1. The Morgan fingerprint density at radius 3 is 2.38 bits per heavy atom. The Hall–Kier alpha value is -3.33. The molecule has 0 spiro atoms. The highest BCUT2D eigenvalue weighted by molar-refractivity contribution is 5.95. The lowest BCUT2D eigenvalue weighted by molar-refractivity contribution is -0.119. The summed E-state index contributed by atoms with van der Waals surface area (Å²) in [6.45, 7) is 2.32. The lowest BCUT2D eigenvalue weighted by Crippen LogP contribution is -2.20. The van der Waals surface area contributed by atoms with Crippen molar-refractivity contribution in [3.63, 3.8) is 0 Å². The molecule has 0 saturated heterocycles. The van der Waals surface area contributed by atoms with Gasteiger partial charge in [-0.2, -0.15) is 5.26 Å². The molecule has 1 amide bonds. The number of anilines is 1. The standard InChI is InChI=1S/C20H20N2O4/c1-2-3-12-25-18-10-6-16(7-11-18)20(24)26-14-19(23)22-17-8-4-15(13-21)5-9-17/h4-11H,2-3,12,14H2,1H3,(H,22,23). The van der Waals surface area contributed by atoms with Gasteiger partial charge in [0.1, 0.15) is 5.75 Å². The molecule has 0 aliphatic rings. The number of amides is 1. The molecule has 0 aliphatic heterocycles. The van der Waals surface area contributed by atoms with E-state index >= 15 is 0 Å². The van der Waals surface area contributed by atoms with Crippen LogP contribution in [0.25, 0.3) is 0 Å². The van der Waals surface area contributed by atoms with E-state index in [-0.39, 0.29) is 0 Å². The maximum atomic E-state index is 12.0. The van der Waals surface area contributed by atoms with Crippen molar-refractivity contribution in [3.8, 4) is 11.8 Å². The van der Waals surface area contributed by atoms with Crippen molar-refractivity contribution in [2.75, 3.05) is 18.5 Å². The highest BCUT2D eigenvalue weighted by atomic mass is 16.5. The van der Waals surface area contributed by atoms with Crippen LogP contribution >= 0.6 is 0 Å². The van der Waals surface area contributed by atoms with Crippen LogP contribution < -0.4 is 10.1 Å². The molecule has 6 nitrogen and oxygen atoms in total. The summed E-state index contributed by atoms with van der Waals surface area (Å²) in [5.74, 6) is -0.351. The van der Waals surface area contributed by atoms with Crippen molar-refractivity contribution < 1.29 is 19.1 Å². The minimum atomic E-state index is -0.583. The Bertz CT molecular complexity index is 777. The zero-order chi connectivity index (χ0) is 18.8. The minimum Gasteiger partial charge on any atom is -0.494 e. The summed E-state index contributed by atoms with van der Waals surface area (Å²) in [5.41, 5.74) is 1.37. The summed E-state index contributed by atoms with van der Waals surface area (Å²) in [4.78, 5) is 23.8. The first kappa shape index (κ1) is 19.0. The van der Waals surface area contributed by atoms with E-state index in [1.807, 2.05) is 6.07 Å². The van der Waals surface area contributed by atoms with Crippen molar-refractivity contribution in [1.82, 2.24) is 0 Å². The lowest BCUT2D eigenvalue weighted by atomic mass is 10.2.